The lowest BCUT2D eigenvalue weighted by Gasteiger charge is -2.01. The maximum absolute atomic E-state index is 12.1. The van der Waals surface area contributed by atoms with Gasteiger partial charge in [-0.3, -0.25) is 4.79 Å². The normalized spacial score (nSPS) is 10.6. The van der Waals surface area contributed by atoms with E-state index in [4.69, 9.17) is 0 Å². The number of rotatable bonds is 3. The van der Waals surface area contributed by atoms with Gasteiger partial charge in [0.1, 0.15) is 0 Å². The van der Waals surface area contributed by atoms with E-state index in [2.05, 4.69) is 0 Å². The van der Waals surface area contributed by atoms with Gasteiger partial charge in [0.05, 0.1) is 0 Å². The Kier molecular flexibility index (Phi) is 3.51. The van der Waals surface area contributed by atoms with Crippen molar-refractivity contribution < 1.29 is 4.79 Å². The number of hydrogen-bond acceptors (Lipinski definition) is 1. The molecule has 0 unspecified atom stereocenters. The molecule has 0 aliphatic heterocycles. The van der Waals surface area contributed by atoms with Crippen LogP contribution >= 0.6 is 0 Å². The second-order valence-corrected chi connectivity index (χ2v) is 3.82. The van der Waals surface area contributed by atoms with E-state index >= 15 is 0 Å². The molecule has 2 rings (SSSR count). The van der Waals surface area contributed by atoms with E-state index in [0.717, 1.165) is 16.7 Å². The summed E-state index contributed by atoms with van der Waals surface area (Å²) >= 11 is 0. The predicted octanol–water partition coefficient (Wildman–Crippen LogP) is 3.95. The van der Waals surface area contributed by atoms with Crippen LogP contribution in [0.4, 0.5) is 0 Å². The second kappa shape index (κ2) is 5.26. The monoisotopic (exact) mass is 222 g/mol. The van der Waals surface area contributed by atoms with Gasteiger partial charge in [-0.1, -0.05) is 66.7 Å². The molecule has 0 amide bonds. The summed E-state index contributed by atoms with van der Waals surface area (Å²) in [5, 5.41) is 0. The SMILES string of the molecule is CC=Cc1ccc(C(=O)c2ccccc2)cc1. The number of allylic oxidation sites excluding steroid dienone is 1. The zero-order valence-electron chi connectivity index (χ0n) is 9.76. The highest BCUT2D eigenvalue weighted by Crippen LogP contribution is 2.11. The Bertz CT molecular complexity index is 521. The lowest BCUT2D eigenvalue weighted by atomic mass is 10.0. The molecule has 0 spiro atoms. The molecule has 0 saturated carbocycles. The lowest BCUT2D eigenvalue weighted by Crippen LogP contribution is -2.00. The molecule has 2 aromatic carbocycles. The topological polar surface area (TPSA) is 17.1 Å². The first-order chi connectivity index (χ1) is 8.31. The third-order valence-electron chi connectivity index (χ3n) is 2.57. The fourth-order valence-electron chi connectivity index (χ4n) is 1.69. The molecule has 0 aliphatic rings. The molecule has 17 heavy (non-hydrogen) atoms. The Labute approximate surface area is 101 Å². The Hall–Kier alpha value is -2.15. The third-order valence-corrected chi connectivity index (χ3v) is 2.57. The van der Waals surface area contributed by atoms with Gasteiger partial charge in [-0.25, -0.2) is 0 Å². The van der Waals surface area contributed by atoms with Gasteiger partial charge >= 0.3 is 0 Å². The summed E-state index contributed by atoms with van der Waals surface area (Å²) in [5.41, 5.74) is 2.56. The molecule has 84 valence electrons. The van der Waals surface area contributed by atoms with Gasteiger partial charge in [0.25, 0.3) is 0 Å². The Morgan fingerprint density at radius 1 is 0.882 bits per heavy atom. The van der Waals surface area contributed by atoms with Crippen LogP contribution < -0.4 is 0 Å². The first kappa shape index (κ1) is 11.3. The number of ketones is 1. The van der Waals surface area contributed by atoms with Crippen LogP contribution in [0.1, 0.15) is 28.4 Å². The largest absolute Gasteiger partial charge is 0.289 e. The van der Waals surface area contributed by atoms with Gasteiger partial charge in [-0.2, -0.15) is 0 Å². The van der Waals surface area contributed by atoms with Crippen LogP contribution in [-0.4, -0.2) is 5.78 Å². The quantitative estimate of drug-likeness (QED) is 0.718. The standard InChI is InChI=1S/C16H14O/c1-2-6-13-9-11-15(12-10-13)16(17)14-7-4-3-5-8-14/h2-12H,1H3. The number of carbonyl (C=O) groups excluding carboxylic acids is 1. The Morgan fingerprint density at radius 3 is 2.06 bits per heavy atom. The maximum Gasteiger partial charge on any atom is 0.193 e. The van der Waals surface area contributed by atoms with Crippen molar-refractivity contribution in [3.8, 4) is 0 Å². The molecule has 2 aromatic rings. The zero-order valence-corrected chi connectivity index (χ0v) is 9.76. The van der Waals surface area contributed by atoms with Crippen LogP contribution in [0.5, 0.6) is 0 Å². The Morgan fingerprint density at radius 2 is 1.47 bits per heavy atom. The van der Waals surface area contributed by atoms with Crippen LogP contribution in [0.15, 0.2) is 60.7 Å². The summed E-state index contributed by atoms with van der Waals surface area (Å²) in [6.07, 6.45) is 3.99. The van der Waals surface area contributed by atoms with Crippen molar-refractivity contribution in [2.75, 3.05) is 0 Å². The van der Waals surface area contributed by atoms with E-state index in [9.17, 15) is 4.79 Å². The first-order valence-corrected chi connectivity index (χ1v) is 5.64. The van der Waals surface area contributed by atoms with Crippen molar-refractivity contribution >= 4 is 11.9 Å². The van der Waals surface area contributed by atoms with Crippen molar-refractivity contribution in [2.45, 2.75) is 6.92 Å². The van der Waals surface area contributed by atoms with Crippen LogP contribution in [-0.2, 0) is 0 Å². The minimum absolute atomic E-state index is 0.0672. The van der Waals surface area contributed by atoms with Crippen molar-refractivity contribution in [3.05, 3.63) is 77.4 Å². The van der Waals surface area contributed by atoms with E-state index < -0.39 is 0 Å². The van der Waals surface area contributed by atoms with Gasteiger partial charge in [0.15, 0.2) is 5.78 Å². The molecule has 1 nitrogen and oxygen atoms in total. The summed E-state index contributed by atoms with van der Waals surface area (Å²) in [7, 11) is 0. The molecule has 0 aromatic heterocycles. The van der Waals surface area contributed by atoms with E-state index in [1.165, 1.54) is 0 Å². The highest BCUT2D eigenvalue weighted by Gasteiger charge is 2.07. The van der Waals surface area contributed by atoms with Crippen LogP contribution in [0.3, 0.4) is 0 Å². The van der Waals surface area contributed by atoms with Crippen molar-refractivity contribution in [2.24, 2.45) is 0 Å². The second-order valence-electron chi connectivity index (χ2n) is 3.82. The smallest absolute Gasteiger partial charge is 0.193 e. The van der Waals surface area contributed by atoms with Crippen LogP contribution in [0, 0.1) is 0 Å². The molecule has 0 aliphatic carbocycles. The summed E-state index contributed by atoms with van der Waals surface area (Å²) in [6, 6.07) is 17.0. The van der Waals surface area contributed by atoms with Crippen molar-refractivity contribution in [3.63, 3.8) is 0 Å². The molecule has 0 bridgehead atoms. The molecule has 0 N–H and O–H groups in total. The first-order valence-electron chi connectivity index (χ1n) is 5.64. The molecule has 0 heterocycles. The average molecular weight is 222 g/mol. The van der Waals surface area contributed by atoms with E-state index in [-0.39, 0.29) is 5.78 Å². The highest BCUT2D eigenvalue weighted by molar-refractivity contribution is 6.09. The molecule has 0 saturated heterocycles. The van der Waals surface area contributed by atoms with Gasteiger partial charge in [-0.15, -0.1) is 0 Å². The maximum atomic E-state index is 12.1. The summed E-state index contributed by atoms with van der Waals surface area (Å²) in [5.74, 6) is 0.0672. The molecular weight excluding hydrogens is 208 g/mol. The minimum atomic E-state index is 0.0672. The molecule has 0 fully saturated rings. The van der Waals surface area contributed by atoms with E-state index in [1.807, 2.05) is 73.7 Å². The van der Waals surface area contributed by atoms with E-state index in [0.29, 0.717) is 0 Å². The zero-order chi connectivity index (χ0) is 12.1. The number of hydrogen-bond donors (Lipinski definition) is 0. The van der Waals surface area contributed by atoms with Gasteiger partial charge in [0.2, 0.25) is 0 Å². The summed E-state index contributed by atoms with van der Waals surface area (Å²) in [6.45, 7) is 1.98. The molecule has 0 radical (unpaired) electrons. The van der Waals surface area contributed by atoms with Crippen LogP contribution in [0.25, 0.3) is 6.08 Å². The average Bonchev–Trinajstić information content (AvgIpc) is 2.40. The number of benzene rings is 2. The Balaban J connectivity index is 2.26. The third kappa shape index (κ3) is 2.70. The molecule has 1 heteroatoms. The van der Waals surface area contributed by atoms with Crippen molar-refractivity contribution in [1.82, 2.24) is 0 Å². The van der Waals surface area contributed by atoms with Gasteiger partial charge in [-0.05, 0) is 12.5 Å². The highest BCUT2D eigenvalue weighted by atomic mass is 16.1. The molecular formula is C16H14O. The fraction of sp³-hybridized carbons (Fsp3) is 0.0625. The summed E-state index contributed by atoms with van der Waals surface area (Å²) in [4.78, 5) is 12.1. The minimum Gasteiger partial charge on any atom is -0.289 e. The van der Waals surface area contributed by atoms with Gasteiger partial charge < -0.3 is 0 Å². The van der Waals surface area contributed by atoms with E-state index in [1.54, 1.807) is 0 Å². The summed E-state index contributed by atoms with van der Waals surface area (Å²) < 4.78 is 0. The predicted molar refractivity (Wildman–Crippen MR) is 71.0 cm³/mol. The molecule has 0 atom stereocenters. The fourth-order valence-corrected chi connectivity index (χ4v) is 1.69. The lowest BCUT2D eigenvalue weighted by molar-refractivity contribution is 0.103. The van der Waals surface area contributed by atoms with Crippen LogP contribution in [0.2, 0.25) is 0 Å². The number of carbonyl (C=O) groups is 1. The van der Waals surface area contributed by atoms with Gasteiger partial charge in [0, 0.05) is 11.1 Å². The van der Waals surface area contributed by atoms with Crippen molar-refractivity contribution in [1.29, 1.82) is 0 Å².